The summed E-state index contributed by atoms with van der Waals surface area (Å²) in [6.45, 7) is 2.92. The van der Waals surface area contributed by atoms with Crippen LogP contribution in [0.5, 0.6) is 0 Å². The molecule has 0 spiro atoms. The van der Waals surface area contributed by atoms with Gasteiger partial charge in [0.15, 0.2) is 10.3 Å². The van der Waals surface area contributed by atoms with Crippen LogP contribution in [0.3, 0.4) is 0 Å². The van der Waals surface area contributed by atoms with Gasteiger partial charge >= 0.3 is 0 Å². The third-order valence-electron chi connectivity index (χ3n) is 2.20. The summed E-state index contributed by atoms with van der Waals surface area (Å²) in [7, 11) is 0. The average molecular weight is 251 g/mol. The van der Waals surface area contributed by atoms with Gasteiger partial charge in [-0.3, -0.25) is 4.99 Å². The fourth-order valence-corrected chi connectivity index (χ4v) is 2.38. The number of nitrogens with zero attached hydrogens (tertiary/aromatic N) is 1. The minimum atomic E-state index is 0.599. The molecular formula is C11H13N3S2. The number of para-hydroxylation sites is 1. The first-order valence-electron chi connectivity index (χ1n) is 5.06. The van der Waals surface area contributed by atoms with Crippen LogP contribution in [0.15, 0.2) is 29.3 Å². The fourth-order valence-electron chi connectivity index (χ4n) is 1.37. The van der Waals surface area contributed by atoms with Crippen LogP contribution in [0, 0.1) is 6.92 Å². The standard InChI is InChI=1S/C11H13N3S2/c1-8-4-2-3-5-9(8)13-10(15)14-11-12-6-7-16-11/h2-5H,6-7H2,1H3,(H2,12,13,14,15). The summed E-state index contributed by atoms with van der Waals surface area (Å²) in [5, 5.41) is 7.76. The molecule has 0 saturated heterocycles. The maximum absolute atomic E-state index is 5.22. The van der Waals surface area contributed by atoms with Gasteiger partial charge in [-0.2, -0.15) is 0 Å². The molecule has 0 atom stereocenters. The van der Waals surface area contributed by atoms with E-state index >= 15 is 0 Å². The highest BCUT2D eigenvalue weighted by atomic mass is 32.2. The normalized spacial score (nSPS) is 14.4. The molecular weight excluding hydrogens is 238 g/mol. The van der Waals surface area contributed by atoms with Crippen molar-refractivity contribution >= 4 is 39.9 Å². The van der Waals surface area contributed by atoms with Crippen molar-refractivity contribution in [1.29, 1.82) is 0 Å². The van der Waals surface area contributed by atoms with Gasteiger partial charge in [-0.1, -0.05) is 30.0 Å². The lowest BCUT2D eigenvalue weighted by atomic mass is 10.2. The number of aryl methyl sites for hydroxylation is 1. The van der Waals surface area contributed by atoms with Gasteiger partial charge in [0.05, 0.1) is 6.54 Å². The summed E-state index contributed by atoms with van der Waals surface area (Å²) in [6, 6.07) is 8.05. The maximum Gasteiger partial charge on any atom is 0.176 e. The van der Waals surface area contributed by atoms with E-state index in [1.165, 1.54) is 5.56 Å². The summed E-state index contributed by atoms with van der Waals surface area (Å²) in [6.07, 6.45) is 0. The molecule has 0 radical (unpaired) electrons. The minimum absolute atomic E-state index is 0.599. The Morgan fingerprint density at radius 2 is 2.19 bits per heavy atom. The van der Waals surface area contributed by atoms with Crippen molar-refractivity contribution in [3.05, 3.63) is 29.8 Å². The topological polar surface area (TPSA) is 36.4 Å². The lowest BCUT2D eigenvalue weighted by Crippen LogP contribution is -2.31. The SMILES string of the molecule is Cc1ccccc1NC(=S)NC1=NCCS1. The number of anilines is 1. The predicted octanol–water partition coefficient (Wildman–Crippen LogP) is 2.38. The van der Waals surface area contributed by atoms with Crippen LogP contribution >= 0.6 is 24.0 Å². The second-order valence-corrected chi connectivity index (χ2v) is 4.92. The van der Waals surface area contributed by atoms with E-state index < -0.39 is 0 Å². The van der Waals surface area contributed by atoms with Crippen molar-refractivity contribution < 1.29 is 0 Å². The molecule has 1 aliphatic rings. The summed E-state index contributed by atoms with van der Waals surface area (Å²) in [4.78, 5) is 4.28. The van der Waals surface area contributed by atoms with Crippen molar-refractivity contribution in [3.8, 4) is 0 Å². The highest BCUT2D eigenvalue weighted by Gasteiger charge is 2.08. The maximum atomic E-state index is 5.22. The Hall–Kier alpha value is -1.07. The third-order valence-corrected chi connectivity index (χ3v) is 3.29. The molecule has 0 amide bonds. The van der Waals surface area contributed by atoms with Crippen LogP contribution < -0.4 is 10.6 Å². The first-order chi connectivity index (χ1) is 7.75. The van der Waals surface area contributed by atoms with Gasteiger partial charge in [-0.25, -0.2) is 0 Å². The van der Waals surface area contributed by atoms with E-state index in [1.807, 2.05) is 31.2 Å². The second-order valence-electron chi connectivity index (χ2n) is 3.43. The molecule has 2 rings (SSSR count). The van der Waals surface area contributed by atoms with Gasteiger partial charge in [-0.15, -0.1) is 0 Å². The molecule has 5 heteroatoms. The molecule has 0 saturated carbocycles. The molecule has 0 unspecified atom stereocenters. The Bertz CT molecular complexity index is 429. The van der Waals surface area contributed by atoms with Crippen LogP contribution in [-0.4, -0.2) is 22.6 Å². The van der Waals surface area contributed by atoms with Gasteiger partial charge in [0, 0.05) is 11.4 Å². The number of amidine groups is 1. The summed E-state index contributed by atoms with van der Waals surface area (Å²) in [5.41, 5.74) is 2.20. The van der Waals surface area contributed by atoms with Gasteiger partial charge < -0.3 is 10.6 Å². The van der Waals surface area contributed by atoms with E-state index in [0.717, 1.165) is 23.2 Å². The van der Waals surface area contributed by atoms with E-state index in [9.17, 15) is 0 Å². The zero-order valence-corrected chi connectivity index (χ0v) is 10.6. The number of rotatable bonds is 1. The van der Waals surface area contributed by atoms with Crippen molar-refractivity contribution in [2.75, 3.05) is 17.6 Å². The molecule has 1 aromatic carbocycles. The number of nitrogens with one attached hydrogen (secondary N) is 2. The number of thioether (sulfide) groups is 1. The van der Waals surface area contributed by atoms with Crippen LogP contribution in [0.25, 0.3) is 0 Å². The molecule has 1 heterocycles. The predicted molar refractivity (Wildman–Crippen MR) is 75.3 cm³/mol. The summed E-state index contributed by atoms with van der Waals surface area (Å²) < 4.78 is 0. The van der Waals surface area contributed by atoms with Crippen molar-refractivity contribution in [3.63, 3.8) is 0 Å². The highest BCUT2D eigenvalue weighted by molar-refractivity contribution is 8.14. The van der Waals surface area contributed by atoms with E-state index in [-0.39, 0.29) is 0 Å². The van der Waals surface area contributed by atoms with Gasteiger partial charge in [0.1, 0.15) is 0 Å². The molecule has 0 aromatic heterocycles. The van der Waals surface area contributed by atoms with Crippen LogP contribution in [0.1, 0.15) is 5.56 Å². The molecule has 2 N–H and O–H groups in total. The minimum Gasteiger partial charge on any atom is -0.332 e. The van der Waals surface area contributed by atoms with Crippen LogP contribution in [0.2, 0.25) is 0 Å². The quantitative estimate of drug-likeness (QED) is 0.751. The van der Waals surface area contributed by atoms with Crippen LogP contribution in [-0.2, 0) is 0 Å². The number of aliphatic imine (C=N–C) groups is 1. The lowest BCUT2D eigenvalue weighted by Gasteiger charge is -2.11. The number of thiocarbonyl (C=S) groups is 1. The van der Waals surface area contributed by atoms with E-state index in [1.54, 1.807) is 11.8 Å². The van der Waals surface area contributed by atoms with Crippen molar-refractivity contribution in [1.82, 2.24) is 5.32 Å². The Kier molecular flexibility index (Phi) is 3.79. The zero-order chi connectivity index (χ0) is 11.4. The molecule has 1 aliphatic heterocycles. The number of hydrogen-bond donors (Lipinski definition) is 2. The first kappa shape index (κ1) is 11.4. The Morgan fingerprint density at radius 3 is 2.88 bits per heavy atom. The Labute approximate surface area is 105 Å². The molecule has 0 fully saturated rings. The van der Waals surface area contributed by atoms with E-state index in [2.05, 4.69) is 15.6 Å². The lowest BCUT2D eigenvalue weighted by molar-refractivity contribution is 1.16. The second kappa shape index (κ2) is 5.32. The largest absolute Gasteiger partial charge is 0.332 e. The monoisotopic (exact) mass is 251 g/mol. The first-order valence-corrected chi connectivity index (χ1v) is 6.46. The van der Waals surface area contributed by atoms with Gasteiger partial charge in [0.25, 0.3) is 0 Å². The number of hydrogen-bond acceptors (Lipinski definition) is 3. The molecule has 3 nitrogen and oxygen atoms in total. The Balaban J connectivity index is 1.94. The van der Waals surface area contributed by atoms with Gasteiger partial charge in [-0.05, 0) is 30.8 Å². The zero-order valence-electron chi connectivity index (χ0n) is 8.99. The molecule has 84 valence electrons. The molecule has 0 bridgehead atoms. The van der Waals surface area contributed by atoms with Gasteiger partial charge in [0.2, 0.25) is 0 Å². The van der Waals surface area contributed by atoms with Crippen molar-refractivity contribution in [2.45, 2.75) is 6.92 Å². The third kappa shape index (κ3) is 2.96. The van der Waals surface area contributed by atoms with E-state index in [4.69, 9.17) is 12.2 Å². The average Bonchev–Trinajstić information content (AvgIpc) is 2.74. The summed E-state index contributed by atoms with van der Waals surface area (Å²) >= 11 is 6.91. The van der Waals surface area contributed by atoms with Crippen LogP contribution in [0.4, 0.5) is 5.69 Å². The fraction of sp³-hybridized carbons (Fsp3) is 0.273. The number of benzene rings is 1. The van der Waals surface area contributed by atoms with E-state index in [0.29, 0.717) is 5.11 Å². The summed E-state index contributed by atoms with van der Waals surface area (Å²) in [5.74, 6) is 1.04. The Morgan fingerprint density at radius 1 is 1.38 bits per heavy atom. The molecule has 0 aliphatic carbocycles. The van der Waals surface area contributed by atoms with Crippen molar-refractivity contribution in [2.24, 2.45) is 4.99 Å². The smallest absolute Gasteiger partial charge is 0.176 e. The highest BCUT2D eigenvalue weighted by Crippen LogP contribution is 2.13. The molecule has 1 aromatic rings. The molecule has 16 heavy (non-hydrogen) atoms.